The molecule has 0 heterocycles. The molecule has 0 saturated heterocycles. The fourth-order valence-electron chi connectivity index (χ4n) is 9.49. The lowest BCUT2D eigenvalue weighted by Crippen LogP contribution is -2.29. The summed E-state index contributed by atoms with van der Waals surface area (Å²) in [5.74, 6) is -0.842. The first-order valence-electron chi connectivity index (χ1n) is 34.7. The van der Waals surface area contributed by atoms with E-state index in [0.717, 1.165) is 128 Å². The maximum atomic E-state index is 12.7. The standard InChI is InChI=1S/C75H128NO8P/c1-3-5-7-9-11-13-15-17-19-21-23-25-27-29-30-31-32-33-34-35-36-37-38-39-40-41-42-44-45-47-49-51-53-55-57-59-61-63-65-67-74(77)81-71-73(72-83-85(79,80)82-70-69-76)84-75(78)68-66-64-62-60-58-56-54-52-50-48-46-43-28-26-24-22-20-18-16-14-12-10-8-6-4-2/h5-8,11-14,17-20,23-26,29-30,43,46,50,52,73H,3-4,9-10,15-16,21-22,27-28,31-42,44-45,47-49,51,53-72,76H2,1-2H3,(H,79,80)/b7-5-,8-6-,13-11-,14-12-,19-17-,20-18-,25-23-,26-24-,30-29-,46-43-,52-50-. The van der Waals surface area contributed by atoms with Gasteiger partial charge in [-0.05, 0) is 109 Å². The van der Waals surface area contributed by atoms with Gasteiger partial charge in [0.05, 0.1) is 13.2 Å². The predicted molar refractivity (Wildman–Crippen MR) is 367 cm³/mol. The summed E-state index contributed by atoms with van der Waals surface area (Å²) in [5, 5.41) is 0. The van der Waals surface area contributed by atoms with Gasteiger partial charge in [0.15, 0.2) is 6.10 Å². The van der Waals surface area contributed by atoms with Crippen molar-refractivity contribution in [2.75, 3.05) is 26.4 Å². The van der Waals surface area contributed by atoms with E-state index in [2.05, 4.69) is 148 Å². The second-order valence-corrected chi connectivity index (χ2v) is 24.1. The van der Waals surface area contributed by atoms with Crippen LogP contribution >= 0.6 is 7.82 Å². The molecule has 0 spiro atoms. The smallest absolute Gasteiger partial charge is 0.462 e. The summed E-state index contributed by atoms with van der Waals surface area (Å²) in [6.45, 7) is 3.51. The second-order valence-electron chi connectivity index (χ2n) is 22.6. The van der Waals surface area contributed by atoms with Crippen molar-refractivity contribution in [1.82, 2.24) is 0 Å². The van der Waals surface area contributed by atoms with E-state index in [4.69, 9.17) is 24.3 Å². The van der Waals surface area contributed by atoms with Crippen LogP contribution in [0.15, 0.2) is 134 Å². The lowest BCUT2D eigenvalue weighted by molar-refractivity contribution is -0.161. The summed E-state index contributed by atoms with van der Waals surface area (Å²) in [7, 11) is -4.40. The van der Waals surface area contributed by atoms with Gasteiger partial charge in [0.1, 0.15) is 6.61 Å². The predicted octanol–water partition coefficient (Wildman–Crippen LogP) is 22.9. The van der Waals surface area contributed by atoms with Crippen molar-refractivity contribution in [3.05, 3.63) is 134 Å². The Labute approximate surface area is 523 Å². The minimum Gasteiger partial charge on any atom is -0.462 e. The number of unbranched alkanes of at least 4 members (excludes halogenated alkanes) is 29. The second kappa shape index (κ2) is 69.3. The largest absolute Gasteiger partial charge is 0.472 e. The fourth-order valence-corrected chi connectivity index (χ4v) is 10.3. The van der Waals surface area contributed by atoms with E-state index in [1.54, 1.807) is 0 Å². The van der Waals surface area contributed by atoms with Crippen molar-refractivity contribution in [1.29, 1.82) is 0 Å². The molecule has 0 radical (unpaired) electrons. The van der Waals surface area contributed by atoms with Crippen LogP contribution in [0.1, 0.15) is 296 Å². The third-order valence-electron chi connectivity index (χ3n) is 14.5. The van der Waals surface area contributed by atoms with Gasteiger partial charge in [0.25, 0.3) is 0 Å². The van der Waals surface area contributed by atoms with Crippen LogP contribution < -0.4 is 5.73 Å². The molecule has 0 amide bonds. The Kier molecular flexibility index (Phi) is 66.1. The zero-order valence-electron chi connectivity index (χ0n) is 54.5. The normalized spacial score (nSPS) is 13.8. The Morgan fingerprint density at radius 1 is 0.353 bits per heavy atom. The van der Waals surface area contributed by atoms with Crippen LogP contribution in [-0.4, -0.2) is 49.3 Å². The zero-order chi connectivity index (χ0) is 61.6. The van der Waals surface area contributed by atoms with Crippen LogP contribution in [0.25, 0.3) is 0 Å². The van der Waals surface area contributed by atoms with Gasteiger partial charge < -0.3 is 20.1 Å². The number of allylic oxidation sites excluding steroid dienone is 22. The number of esters is 2. The summed E-state index contributed by atoms with van der Waals surface area (Å²) in [4.78, 5) is 35.3. The fraction of sp³-hybridized carbons (Fsp3) is 0.680. The molecule has 9 nitrogen and oxygen atoms in total. The molecule has 85 heavy (non-hydrogen) atoms. The van der Waals surface area contributed by atoms with Gasteiger partial charge in [-0.3, -0.25) is 18.6 Å². The topological polar surface area (TPSA) is 134 Å². The number of carbonyl (C=O) groups excluding carboxylic acids is 2. The molecular formula is C75H128NO8P. The minimum absolute atomic E-state index is 0.0460. The molecule has 0 aliphatic rings. The Hall–Kier alpha value is -3.85. The number of hydrogen-bond donors (Lipinski definition) is 2. The van der Waals surface area contributed by atoms with Crippen LogP contribution in [0.4, 0.5) is 0 Å². The quantitative estimate of drug-likeness (QED) is 0.0264. The number of ether oxygens (including phenoxy) is 2. The van der Waals surface area contributed by atoms with Crippen molar-refractivity contribution in [2.45, 2.75) is 302 Å². The van der Waals surface area contributed by atoms with E-state index >= 15 is 0 Å². The average Bonchev–Trinajstić information content (AvgIpc) is 3.52. The Balaban J connectivity index is 3.86. The van der Waals surface area contributed by atoms with Gasteiger partial charge in [0, 0.05) is 19.4 Å². The monoisotopic (exact) mass is 1200 g/mol. The van der Waals surface area contributed by atoms with Gasteiger partial charge in [-0.2, -0.15) is 0 Å². The molecule has 0 bridgehead atoms. The summed E-state index contributed by atoms with van der Waals surface area (Å²) >= 11 is 0. The van der Waals surface area contributed by atoms with Crippen LogP contribution in [0, 0.1) is 0 Å². The maximum Gasteiger partial charge on any atom is 0.472 e. The molecule has 0 aliphatic heterocycles. The highest BCUT2D eigenvalue weighted by molar-refractivity contribution is 7.47. The van der Waals surface area contributed by atoms with Crippen molar-refractivity contribution >= 4 is 19.8 Å². The SMILES string of the molecule is CC/C=C\C/C=C\C/C=C\C/C=C\C/C=C\C/C=C\CCCCCCCCC(=O)OC(COC(=O)CCCCCCCCCCCCCCCCCCCCCCCCC/C=C\C/C=C\C/C=C\C/C=C\C/C=C\CC)COP(=O)(O)OCCN. The van der Waals surface area contributed by atoms with Crippen molar-refractivity contribution in [3.63, 3.8) is 0 Å². The van der Waals surface area contributed by atoms with E-state index in [1.165, 1.54) is 135 Å². The highest BCUT2D eigenvalue weighted by Gasteiger charge is 2.26. The number of rotatable bonds is 64. The number of phosphoric ester groups is 1. The van der Waals surface area contributed by atoms with Gasteiger partial charge in [-0.25, -0.2) is 4.57 Å². The third-order valence-corrected chi connectivity index (χ3v) is 15.5. The number of carbonyl (C=O) groups is 2. The molecule has 3 N–H and O–H groups in total. The molecule has 0 rings (SSSR count). The first-order chi connectivity index (χ1) is 41.8. The highest BCUT2D eigenvalue weighted by atomic mass is 31.2. The van der Waals surface area contributed by atoms with Crippen LogP contribution in [0.2, 0.25) is 0 Å². The van der Waals surface area contributed by atoms with E-state index in [-0.39, 0.29) is 38.6 Å². The van der Waals surface area contributed by atoms with E-state index in [9.17, 15) is 19.0 Å². The third kappa shape index (κ3) is 69.1. The molecule has 0 saturated carbocycles. The van der Waals surface area contributed by atoms with Crippen molar-refractivity contribution < 1.29 is 37.6 Å². The molecule has 0 aliphatic carbocycles. The summed E-state index contributed by atoms with van der Waals surface area (Å²) in [5.41, 5.74) is 5.40. The summed E-state index contributed by atoms with van der Waals surface area (Å²) in [6.07, 6.45) is 98.3. The number of phosphoric acid groups is 1. The zero-order valence-corrected chi connectivity index (χ0v) is 55.4. The molecule has 0 aromatic carbocycles. The van der Waals surface area contributed by atoms with Gasteiger partial charge in [-0.1, -0.05) is 308 Å². The molecule has 2 unspecified atom stereocenters. The van der Waals surface area contributed by atoms with Gasteiger partial charge in [-0.15, -0.1) is 0 Å². The molecule has 10 heteroatoms. The summed E-state index contributed by atoms with van der Waals surface area (Å²) in [6, 6.07) is 0. The lowest BCUT2D eigenvalue weighted by Gasteiger charge is -2.19. The van der Waals surface area contributed by atoms with E-state index < -0.39 is 26.5 Å². The van der Waals surface area contributed by atoms with E-state index in [0.29, 0.717) is 6.42 Å². The van der Waals surface area contributed by atoms with Gasteiger partial charge in [0.2, 0.25) is 0 Å². The molecule has 2 atom stereocenters. The van der Waals surface area contributed by atoms with Gasteiger partial charge >= 0.3 is 19.8 Å². The minimum atomic E-state index is -4.40. The van der Waals surface area contributed by atoms with Crippen LogP contribution in [0.3, 0.4) is 0 Å². The lowest BCUT2D eigenvalue weighted by atomic mass is 10.0. The van der Waals surface area contributed by atoms with Crippen LogP contribution in [-0.2, 0) is 32.7 Å². The maximum absolute atomic E-state index is 12.7. The van der Waals surface area contributed by atoms with Crippen molar-refractivity contribution in [3.8, 4) is 0 Å². The number of hydrogen-bond acceptors (Lipinski definition) is 8. The number of nitrogens with two attached hydrogens (primary N) is 1. The Morgan fingerprint density at radius 3 is 0.906 bits per heavy atom. The van der Waals surface area contributed by atoms with E-state index in [1.807, 2.05) is 0 Å². The van der Waals surface area contributed by atoms with Crippen molar-refractivity contribution in [2.24, 2.45) is 5.73 Å². The Morgan fingerprint density at radius 2 is 0.612 bits per heavy atom. The molecule has 486 valence electrons. The first-order valence-corrected chi connectivity index (χ1v) is 36.2. The van der Waals surface area contributed by atoms with Crippen LogP contribution in [0.5, 0.6) is 0 Å². The average molecular weight is 1200 g/mol. The molecule has 0 aromatic heterocycles. The molecule has 0 fully saturated rings. The summed E-state index contributed by atoms with van der Waals surface area (Å²) < 4.78 is 33.1. The molecule has 0 aromatic rings. The highest BCUT2D eigenvalue weighted by Crippen LogP contribution is 2.43. The first kappa shape index (κ1) is 81.2. The molecular weight excluding hydrogens is 1070 g/mol. The Bertz CT molecular complexity index is 1860.